The van der Waals surface area contributed by atoms with Crippen molar-refractivity contribution in [3.05, 3.63) is 55.7 Å². The van der Waals surface area contributed by atoms with Crippen LogP contribution in [0.15, 0.2) is 24.3 Å². The lowest BCUT2D eigenvalue weighted by Crippen LogP contribution is -2.47. The van der Waals surface area contributed by atoms with Gasteiger partial charge in [0, 0.05) is 42.3 Å². The van der Waals surface area contributed by atoms with Gasteiger partial charge in [-0.1, -0.05) is 23.7 Å². The van der Waals surface area contributed by atoms with Gasteiger partial charge in [-0.05, 0) is 30.2 Å². The van der Waals surface area contributed by atoms with Crippen molar-refractivity contribution >= 4 is 47.0 Å². The highest BCUT2D eigenvalue weighted by Gasteiger charge is 2.35. The molecule has 1 saturated heterocycles. The maximum Gasteiger partial charge on any atom is 0.255 e. The Labute approximate surface area is 205 Å². The van der Waals surface area contributed by atoms with Gasteiger partial charge in [0.15, 0.2) is 0 Å². The average Bonchev–Trinajstić information content (AvgIpc) is 3.11. The quantitative estimate of drug-likeness (QED) is 0.562. The molecule has 0 aliphatic carbocycles. The summed E-state index contributed by atoms with van der Waals surface area (Å²) >= 11 is 7.64. The van der Waals surface area contributed by atoms with E-state index in [4.69, 9.17) is 16.3 Å². The fourth-order valence-corrected chi connectivity index (χ4v) is 6.08. The van der Waals surface area contributed by atoms with Crippen LogP contribution < -0.4 is 0 Å². The number of carbonyl (C=O) groups excluding carboxylic acids is 2. The maximum atomic E-state index is 13.5. The predicted octanol–water partition coefficient (Wildman–Crippen LogP) is 4.17. The van der Waals surface area contributed by atoms with Crippen LogP contribution in [-0.2, 0) is 35.3 Å². The van der Waals surface area contributed by atoms with Gasteiger partial charge in [0.2, 0.25) is 0 Å². The van der Waals surface area contributed by atoms with Crippen LogP contribution in [0.3, 0.4) is 0 Å². The Morgan fingerprint density at radius 2 is 1.84 bits per heavy atom. The number of fused-ring (bicyclic) bond motifs is 1. The zero-order valence-corrected chi connectivity index (χ0v) is 21.1. The molecule has 0 spiro atoms. The van der Waals surface area contributed by atoms with Gasteiger partial charge < -0.3 is 14.1 Å². The van der Waals surface area contributed by atoms with Crippen LogP contribution in [0.25, 0.3) is 0 Å². The summed E-state index contributed by atoms with van der Waals surface area (Å²) < 4.78 is 6.42. The van der Waals surface area contributed by atoms with E-state index in [0.717, 1.165) is 46.5 Å². The van der Waals surface area contributed by atoms with Gasteiger partial charge >= 0.3 is 0 Å². The Hall–Kier alpha value is -1.44. The summed E-state index contributed by atoms with van der Waals surface area (Å²) in [5.41, 5.74) is 2.93. The second-order valence-electron chi connectivity index (χ2n) is 8.79. The van der Waals surface area contributed by atoms with Crippen LogP contribution in [0.4, 0.5) is 0 Å². The van der Waals surface area contributed by atoms with Crippen molar-refractivity contribution in [1.82, 2.24) is 4.90 Å². The topological polar surface area (TPSA) is 46.6 Å². The minimum absolute atomic E-state index is 0. The number of Topliss-reactive ketones (excluding diaryl/α,β-unsaturated/α-hetero) is 1. The molecule has 4 rings (SSSR count). The highest BCUT2D eigenvalue weighted by molar-refractivity contribution is 7.12. The second kappa shape index (κ2) is 10.7. The smallest absolute Gasteiger partial charge is 0.255 e. The zero-order chi connectivity index (χ0) is 22.0. The van der Waals surface area contributed by atoms with E-state index in [0.29, 0.717) is 44.2 Å². The predicted molar refractivity (Wildman–Crippen MR) is 131 cm³/mol. The van der Waals surface area contributed by atoms with Crippen LogP contribution in [0.2, 0.25) is 5.02 Å². The molecule has 3 heterocycles. The summed E-state index contributed by atoms with van der Waals surface area (Å²) in [6, 6.07) is 7.41. The fourth-order valence-electron chi connectivity index (χ4n) is 4.41. The number of hydrogen-bond acceptors (Lipinski definition) is 4. The molecular weight excluding hydrogens is 467 g/mol. The second-order valence-corrected chi connectivity index (χ2v) is 10.4. The molecule has 8 heteroatoms. The van der Waals surface area contributed by atoms with Crippen LogP contribution in [0.5, 0.6) is 0 Å². The number of rotatable bonds is 6. The number of ether oxygens (including phenoxy) is 1. The molecule has 2 aliphatic heterocycles. The number of quaternary nitrogens is 1. The molecule has 2 aromatic rings. The Balaban J connectivity index is 0.00000289. The number of halogens is 2. The Morgan fingerprint density at radius 3 is 2.50 bits per heavy atom. The molecule has 1 fully saturated rings. The van der Waals surface area contributed by atoms with E-state index in [2.05, 4.69) is 14.0 Å². The van der Waals surface area contributed by atoms with Gasteiger partial charge in [0.1, 0.15) is 12.3 Å². The van der Waals surface area contributed by atoms with Crippen molar-refractivity contribution in [2.45, 2.75) is 32.7 Å². The zero-order valence-electron chi connectivity index (χ0n) is 18.7. The third-order valence-corrected chi connectivity index (χ3v) is 8.01. The van der Waals surface area contributed by atoms with Crippen molar-refractivity contribution in [3.8, 4) is 0 Å². The van der Waals surface area contributed by atoms with E-state index in [9.17, 15) is 9.59 Å². The lowest BCUT2D eigenvalue weighted by atomic mass is 9.97. The van der Waals surface area contributed by atoms with Gasteiger partial charge in [-0.2, -0.15) is 0 Å². The summed E-state index contributed by atoms with van der Waals surface area (Å²) in [5.74, 6) is 0.201. The van der Waals surface area contributed by atoms with Crippen molar-refractivity contribution in [2.24, 2.45) is 0 Å². The van der Waals surface area contributed by atoms with Crippen molar-refractivity contribution in [1.29, 1.82) is 0 Å². The van der Waals surface area contributed by atoms with Crippen LogP contribution in [-0.4, -0.2) is 67.5 Å². The molecule has 5 nitrogen and oxygen atoms in total. The number of amides is 1. The van der Waals surface area contributed by atoms with E-state index in [1.165, 1.54) is 10.4 Å². The van der Waals surface area contributed by atoms with E-state index in [1.54, 1.807) is 11.3 Å². The lowest BCUT2D eigenvalue weighted by molar-refractivity contribution is -0.922. The number of nitrogens with zero attached hydrogens (tertiary/aromatic N) is 2. The summed E-state index contributed by atoms with van der Waals surface area (Å²) in [5, 5.41) is 0.664. The van der Waals surface area contributed by atoms with E-state index in [1.807, 2.05) is 29.2 Å². The average molecular weight is 498 g/mol. The first-order chi connectivity index (χ1) is 14.9. The largest absolute Gasteiger partial charge is 0.378 e. The van der Waals surface area contributed by atoms with Gasteiger partial charge in [0.25, 0.3) is 5.91 Å². The number of thiophene rings is 1. The van der Waals surface area contributed by atoms with Gasteiger partial charge in [-0.15, -0.1) is 23.7 Å². The molecule has 1 aromatic heterocycles. The molecule has 0 N–H and O–H groups in total. The highest BCUT2D eigenvalue weighted by atomic mass is 35.5. The Kier molecular flexibility index (Phi) is 8.39. The minimum atomic E-state index is 0. The standard InChI is InChI=1S/C24H30ClN2O3S.ClH/c1-3-27(2)11-8-20-22(16-27)31-21(23(20)24(29)26-9-12-30-13-10-26)15-19(28)14-17-4-6-18(25)7-5-17;/h4-7H,3,8-16H2,1-2H3;1H/q+1;. The first kappa shape index (κ1) is 25.2. The van der Waals surface area contributed by atoms with Gasteiger partial charge in [-0.3, -0.25) is 9.59 Å². The number of ketones is 1. The molecule has 1 atom stereocenters. The minimum Gasteiger partial charge on any atom is -0.378 e. The Morgan fingerprint density at radius 1 is 1.16 bits per heavy atom. The molecule has 174 valence electrons. The highest BCUT2D eigenvalue weighted by Crippen LogP contribution is 2.36. The van der Waals surface area contributed by atoms with E-state index < -0.39 is 0 Å². The van der Waals surface area contributed by atoms with E-state index >= 15 is 0 Å². The molecule has 1 unspecified atom stereocenters. The van der Waals surface area contributed by atoms with E-state index in [-0.39, 0.29) is 24.1 Å². The van der Waals surface area contributed by atoms with Crippen LogP contribution >= 0.6 is 35.3 Å². The third-order valence-electron chi connectivity index (χ3n) is 6.54. The molecule has 0 radical (unpaired) electrons. The van der Waals surface area contributed by atoms with Crippen molar-refractivity contribution in [2.75, 3.05) is 46.4 Å². The molecule has 2 aliphatic rings. The first-order valence-corrected chi connectivity index (χ1v) is 12.2. The van der Waals surface area contributed by atoms with Crippen LogP contribution in [0.1, 0.15) is 38.2 Å². The number of benzene rings is 1. The van der Waals surface area contributed by atoms with Gasteiger partial charge in [-0.25, -0.2) is 0 Å². The normalized spacial score (nSPS) is 20.4. The summed E-state index contributed by atoms with van der Waals surface area (Å²) in [6.07, 6.45) is 1.56. The SMILES string of the molecule is CC[N+]1(C)CCc2c(sc(CC(=O)Cc3ccc(Cl)cc3)c2C(=O)N2CCOCC2)C1.Cl. The third kappa shape index (κ3) is 5.54. The molecule has 0 saturated carbocycles. The number of likely N-dealkylation sites (N-methyl/N-ethyl adjacent to an activating group) is 1. The summed E-state index contributed by atoms with van der Waals surface area (Å²) in [7, 11) is 2.28. The number of hydrogen-bond donors (Lipinski definition) is 0. The van der Waals surface area contributed by atoms with Crippen LogP contribution in [0, 0.1) is 0 Å². The number of carbonyl (C=O) groups is 2. The molecule has 1 amide bonds. The maximum absolute atomic E-state index is 13.5. The summed E-state index contributed by atoms with van der Waals surface area (Å²) in [4.78, 5) is 30.6. The monoisotopic (exact) mass is 497 g/mol. The first-order valence-electron chi connectivity index (χ1n) is 11.0. The van der Waals surface area contributed by atoms with Crippen molar-refractivity contribution < 1.29 is 18.8 Å². The lowest BCUT2D eigenvalue weighted by Gasteiger charge is -2.37. The molecule has 32 heavy (non-hydrogen) atoms. The Bertz CT molecular complexity index is 970. The summed E-state index contributed by atoms with van der Waals surface area (Å²) in [6.45, 7) is 7.63. The fraction of sp³-hybridized carbons (Fsp3) is 0.500. The molecule has 1 aromatic carbocycles. The van der Waals surface area contributed by atoms with Crippen molar-refractivity contribution in [3.63, 3.8) is 0 Å². The number of morpholine rings is 1. The van der Waals surface area contributed by atoms with Gasteiger partial charge in [0.05, 0.1) is 43.8 Å². The molecule has 0 bridgehead atoms. The molecular formula is C24H31Cl2N2O3S+.